The molecule has 0 aliphatic heterocycles. The van der Waals surface area contributed by atoms with Crippen molar-refractivity contribution < 1.29 is 9.90 Å². The molecular formula is C13H8BrClN4O2. The number of carboxylic acid groups (broad SMARTS) is 1. The van der Waals surface area contributed by atoms with Crippen LogP contribution in [0.1, 0.15) is 5.82 Å². The van der Waals surface area contributed by atoms with Gasteiger partial charge in [0, 0.05) is 16.2 Å². The van der Waals surface area contributed by atoms with Crippen molar-refractivity contribution in [3.8, 4) is 11.3 Å². The summed E-state index contributed by atoms with van der Waals surface area (Å²) in [6, 6.07) is 7.24. The average molecular weight is 368 g/mol. The quantitative estimate of drug-likeness (QED) is 0.770. The summed E-state index contributed by atoms with van der Waals surface area (Å²) in [7, 11) is 0. The maximum Gasteiger partial charge on any atom is 0.311 e. The topological polar surface area (TPSA) is 80.4 Å². The minimum Gasteiger partial charge on any atom is -0.481 e. The first kappa shape index (κ1) is 14.0. The molecule has 0 amide bonds. The lowest BCUT2D eigenvalue weighted by Crippen LogP contribution is -2.02. The number of hydrogen-bond donors (Lipinski definition) is 1. The third kappa shape index (κ3) is 2.74. The fourth-order valence-corrected chi connectivity index (χ4v) is 2.72. The summed E-state index contributed by atoms with van der Waals surface area (Å²) in [5.41, 5.74) is 1.46. The number of halogens is 2. The lowest BCUT2D eigenvalue weighted by Gasteiger charge is -2.06. The molecule has 0 saturated carbocycles. The molecule has 6 nitrogen and oxygen atoms in total. The third-order valence-electron chi connectivity index (χ3n) is 2.80. The molecule has 1 N–H and O–H groups in total. The number of rotatable bonds is 3. The van der Waals surface area contributed by atoms with Gasteiger partial charge in [-0.15, -0.1) is 5.10 Å². The van der Waals surface area contributed by atoms with Gasteiger partial charge in [-0.05, 0) is 18.2 Å². The minimum atomic E-state index is -0.992. The highest BCUT2D eigenvalue weighted by Crippen LogP contribution is 2.30. The molecule has 0 aliphatic carbocycles. The van der Waals surface area contributed by atoms with Gasteiger partial charge in [0.15, 0.2) is 5.82 Å². The first-order chi connectivity index (χ1) is 10.0. The SMILES string of the molecule is O=C(O)Cc1nc2nccc(-c3ccc(Br)cc3Cl)n2n1. The summed E-state index contributed by atoms with van der Waals surface area (Å²) in [6.07, 6.45) is 1.33. The van der Waals surface area contributed by atoms with E-state index in [1.165, 1.54) is 4.52 Å². The average Bonchev–Trinajstić information content (AvgIpc) is 2.80. The second-order valence-electron chi connectivity index (χ2n) is 4.26. The summed E-state index contributed by atoms with van der Waals surface area (Å²) in [5, 5.41) is 13.5. The molecule has 8 heteroatoms. The van der Waals surface area contributed by atoms with E-state index in [0.717, 1.165) is 10.0 Å². The van der Waals surface area contributed by atoms with Gasteiger partial charge in [-0.2, -0.15) is 9.50 Å². The number of aromatic nitrogens is 4. The van der Waals surface area contributed by atoms with E-state index in [0.29, 0.717) is 16.5 Å². The smallest absolute Gasteiger partial charge is 0.311 e. The first-order valence-electron chi connectivity index (χ1n) is 5.92. The van der Waals surface area contributed by atoms with E-state index in [9.17, 15) is 4.79 Å². The van der Waals surface area contributed by atoms with Crippen molar-refractivity contribution in [3.05, 3.63) is 45.8 Å². The Bertz CT molecular complexity index is 849. The van der Waals surface area contributed by atoms with Gasteiger partial charge in [0.25, 0.3) is 5.78 Å². The fourth-order valence-electron chi connectivity index (χ4n) is 1.95. The van der Waals surface area contributed by atoms with Crippen LogP contribution in [0.5, 0.6) is 0 Å². The van der Waals surface area contributed by atoms with Crippen LogP contribution in [0.2, 0.25) is 5.02 Å². The maximum atomic E-state index is 10.8. The molecule has 3 aromatic rings. The lowest BCUT2D eigenvalue weighted by atomic mass is 10.1. The van der Waals surface area contributed by atoms with Gasteiger partial charge in [-0.25, -0.2) is 4.98 Å². The van der Waals surface area contributed by atoms with Gasteiger partial charge < -0.3 is 5.11 Å². The van der Waals surface area contributed by atoms with E-state index < -0.39 is 5.97 Å². The maximum absolute atomic E-state index is 10.8. The van der Waals surface area contributed by atoms with Crippen molar-refractivity contribution in [3.63, 3.8) is 0 Å². The fraction of sp³-hybridized carbons (Fsp3) is 0.0769. The van der Waals surface area contributed by atoms with Crippen molar-refractivity contribution in [2.24, 2.45) is 0 Å². The minimum absolute atomic E-state index is 0.204. The highest BCUT2D eigenvalue weighted by atomic mass is 79.9. The zero-order valence-corrected chi connectivity index (χ0v) is 12.8. The van der Waals surface area contributed by atoms with Gasteiger partial charge in [-0.3, -0.25) is 4.79 Å². The number of carbonyl (C=O) groups is 1. The van der Waals surface area contributed by atoms with Crippen LogP contribution in [0, 0.1) is 0 Å². The molecule has 0 radical (unpaired) electrons. The molecule has 0 saturated heterocycles. The summed E-state index contributed by atoms with van der Waals surface area (Å²) in [6.45, 7) is 0. The molecular weight excluding hydrogens is 360 g/mol. The Labute approximate surface area is 132 Å². The number of carboxylic acids is 1. The third-order valence-corrected chi connectivity index (χ3v) is 3.61. The Hall–Kier alpha value is -1.99. The van der Waals surface area contributed by atoms with Crippen molar-refractivity contribution in [1.82, 2.24) is 19.6 Å². The van der Waals surface area contributed by atoms with E-state index in [1.54, 1.807) is 18.3 Å². The molecule has 0 aliphatic rings. The molecule has 0 bridgehead atoms. The molecule has 21 heavy (non-hydrogen) atoms. The Kier molecular flexibility index (Phi) is 3.60. The van der Waals surface area contributed by atoms with Crippen LogP contribution < -0.4 is 0 Å². The Morgan fingerprint density at radius 3 is 2.90 bits per heavy atom. The zero-order valence-electron chi connectivity index (χ0n) is 10.5. The molecule has 106 valence electrons. The Morgan fingerprint density at radius 1 is 1.38 bits per heavy atom. The van der Waals surface area contributed by atoms with Crippen molar-refractivity contribution in [2.75, 3.05) is 0 Å². The van der Waals surface area contributed by atoms with Crippen molar-refractivity contribution in [1.29, 1.82) is 0 Å². The molecule has 0 spiro atoms. The number of nitrogens with zero attached hydrogens (tertiary/aromatic N) is 4. The van der Waals surface area contributed by atoms with Crippen LogP contribution in [0.3, 0.4) is 0 Å². The van der Waals surface area contributed by atoms with E-state index in [1.807, 2.05) is 12.1 Å². The predicted octanol–water partition coefficient (Wildman–Crippen LogP) is 2.83. The number of fused-ring (bicyclic) bond motifs is 1. The van der Waals surface area contributed by atoms with Crippen LogP contribution in [-0.4, -0.2) is 30.7 Å². The second-order valence-corrected chi connectivity index (χ2v) is 5.59. The monoisotopic (exact) mass is 366 g/mol. The second kappa shape index (κ2) is 5.42. The highest BCUT2D eigenvalue weighted by Gasteiger charge is 2.14. The van der Waals surface area contributed by atoms with Crippen molar-refractivity contribution >= 4 is 39.3 Å². The Balaban J connectivity index is 2.18. The van der Waals surface area contributed by atoms with Crippen molar-refractivity contribution in [2.45, 2.75) is 6.42 Å². The van der Waals surface area contributed by atoms with E-state index >= 15 is 0 Å². The normalized spacial score (nSPS) is 11.0. The van der Waals surface area contributed by atoms with Gasteiger partial charge >= 0.3 is 5.97 Å². The summed E-state index contributed by atoms with van der Waals surface area (Å²) in [5.74, 6) is -0.451. The van der Waals surface area contributed by atoms with Gasteiger partial charge in [0.1, 0.15) is 6.42 Å². The summed E-state index contributed by atoms with van der Waals surface area (Å²) >= 11 is 9.60. The molecule has 0 atom stereocenters. The highest BCUT2D eigenvalue weighted by molar-refractivity contribution is 9.10. The molecule has 0 unspecified atom stereocenters. The van der Waals surface area contributed by atoms with Gasteiger partial charge in [0.05, 0.1) is 10.7 Å². The number of hydrogen-bond acceptors (Lipinski definition) is 4. The molecule has 3 rings (SSSR count). The molecule has 2 aromatic heterocycles. The van der Waals surface area contributed by atoms with Crippen LogP contribution in [0.15, 0.2) is 34.9 Å². The van der Waals surface area contributed by atoms with Crippen LogP contribution in [-0.2, 0) is 11.2 Å². The van der Waals surface area contributed by atoms with Crippen LogP contribution >= 0.6 is 27.5 Å². The summed E-state index contributed by atoms with van der Waals surface area (Å²) < 4.78 is 2.36. The van der Waals surface area contributed by atoms with Crippen LogP contribution in [0.25, 0.3) is 17.0 Å². The van der Waals surface area contributed by atoms with E-state index in [4.69, 9.17) is 16.7 Å². The van der Waals surface area contributed by atoms with E-state index in [2.05, 4.69) is 31.0 Å². The lowest BCUT2D eigenvalue weighted by molar-refractivity contribution is -0.136. The van der Waals surface area contributed by atoms with Crippen LogP contribution in [0.4, 0.5) is 0 Å². The van der Waals surface area contributed by atoms with Gasteiger partial charge in [0.2, 0.25) is 0 Å². The largest absolute Gasteiger partial charge is 0.481 e. The van der Waals surface area contributed by atoms with E-state index in [-0.39, 0.29) is 12.2 Å². The van der Waals surface area contributed by atoms with Gasteiger partial charge in [-0.1, -0.05) is 33.6 Å². The molecule has 0 fully saturated rings. The molecule has 2 heterocycles. The number of aliphatic carboxylic acids is 1. The number of benzene rings is 1. The standard InChI is InChI=1S/C13H8BrClN4O2/c14-7-1-2-8(9(15)5-7)10-3-4-16-13-17-11(6-12(20)21)18-19(10)13/h1-5H,6H2,(H,20,21). The first-order valence-corrected chi connectivity index (χ1v) is 7.09. The predicted molar refractivity (Wildman–Crippen MR) is 80.3 cm³/mol. The molecule has 1 aromatic carbocycles. The summed E-state index contributed by atoms with van der Waals surface area (Å²) in [4.78, 5) is 18.9. The Morgan fingerprint density at radius 2 is 2.19 bits per heavy atom. The zero-order chi connectivity index (χ0) is 15.0.